The number of hydrogen-bond donors (Lipinski definition) is 5. The maximum Gasteiger partial charge on any atom is 0.243 e. The molecule has 0 bridgehead atoms. The average molecular weight is 342 g/mol. The standard InChI is InChI=1S/C17H22N6O2/c18-17(19)20-7-3-6-13-15(24)23-14(16(25)22-13)8-10-9-21-12-5-2-1-4-11(10)12/h1-2,4-5,9,13-14,21H,3,6-8H2,(H,22,25)(H,23,24)(H4,18,19,20). The number of carbonyl (C=O) groups is 2. The van der Waals surface area contributed by atoms with Crippen molar-refractivity contribution < 1.29 is 9.59 Å². The van der Waals surface area contributed by atoms with E-state index in [1.54, 1.807) is 0 Å². The van der Waals surface area contributed by atoms with Gasteiger partial charge in [0.05, 0.1) is 0 Å². The van der Waals surface area contributed by atoms with Gasteiger partial charge in [0, 0.05) is 30.1 Å². The van der Waals surface area contributed by atoms with Crippen LogP contribution < -0.4 is 22.1 Å². The van der Waals surface area contributed by atoms with E-state index in [0.29, 0.717) is 25.8 Å². The highest BCUT2D eigenvalue weighted by Crippen LogP contribution is 2.20. The second-order valence-electron chi connectivity index (χ2n) is 6.13. The fourth-order valence-corrected chi connectivity index (χ4v) is 3.05. The van der Waals surface area contributed by atoms with Crippen molar-refractivity contribution >= 4 is 28.7 Å². The number of aromatic amines is 1. The van der Waals surface area contributed by atoms with Gasteiger partial charge in [-0.3, -0.25) is 14.6 Å². The van der Waals surface area contributed by atoms with Crippen LogP contribution in [0.2, 0.25) is 0 Å². The van der Waals surface area contributed by atoms with Crippen molar-refractivity contribution in [2.45, 2.75) is 31.3 Å². The summed E-state index contributed by atoms with van der Waals surface area (Å²) < 4.78 is 0. The van der Waals surface area contributed by atoms with Crippen molar-refractivity contribution in [1.29, 1.82) is 0 Å². The maximum absolute atomic E-state index is 12.3. The second-order valence-corrected chi connectivity index (χ2v) is 6.13. The lowest BCUT2D eigenvalue weighted by Gasteiger charge is -2.29. The van der Waals surface area contributed by atoms with E-state index in [0.717, 1.165) is 16.5 Å². The quantitative estimate of drug-likeness (QED) is 0.280. The van der Waals surface area contributed by atoms with Gasteiger partial charge in [-0.1, -0.05) is 18.2 Å². The molecule has 0 aliphatic carbocycles. The normalized spacial score (nSPS) is 20.2. The largest absolute Gasteiger partial charge is 0.370 e. The molecular weight excluding hydrogens is 320 g/mol. The molecule has 2 amide bonds. The number of rotatable bonds is 6. The summed E-state index contributed by atoms with van der Waals surface area (Å²) in [5.74, 6) is -0.318. The number of amides is 2. The molecule has 1 aromatic carbocycles. The van der Waals surface area contributed by atoms with Crippen LogP contribution in [0.25, 0.3) is 10.9 Å². The third kappa shape index (κ3) is 3.90. The second kappa shape index (κ2) is 7.25. The topological polar surface area (TPSA) is 138 Å². The number of piperazine rings is 1. The number of nitrogens with two attached hydrogens (primary N) is 2. The molecule has 8 nitrogen and oxygen atoms in total. The van der Waals surface area contributed by atoms with Crippen molar-refractivity contribution in [3.63, 3.8) is 0 Å². The third-order valence-electron chi connectivity index (χ3n) is 4.31. The van der Waals surface area contributed by atoms with Gasteiger partial charge in [-0.25, -0.2) is 0 Å². The number of carbonyl (C=O) groups excluding carboxylic acids is 2. The molecule has 1 saturated heterocycles. The van der Waals surface area contributed by atoms with E-state index in [4.69, 9.17) is 11.5 Å². The lowest BCUT2D eigenvalue weighted by molar-refractivity contribution is -0.136. The van der Waals surface area contributed by atoms with E-state index < -0.39 is 12.1 Å². The number of nitrogens with zero attached hydrogens (tertiary/aromatic N) is 1. The summed E-state index contributed by atoms with van der Waals surface area (Å²) in [6.07, 6.45) is 3.44. The van der Waals surface area contributed by atoms with E-state index in [9.17, 15) is 9.59 Å². The summed E-state index contributed by atoms with van der Waals surface area (Å²) in [4.78, 5) is 31.7. The van der Waals surface area contributed by atoms with Crippen molar-refractivity contribution in [2.24, 2.45) is 16.5 Å². The Morgan fingerprint density at radius 1 is 1.08 bits per heavy atom. The highest BCUT2D eigenvalue weighted by Gasteiger charge is 2.33. The summed E-state index contributed by atoms with van der Waals surface area (Å²) in [6, 6.07) is 6.76. The van der Waals surface area contributed by atoms with Gasteiger partial charge < -0.3 is 27.1 Å². The lowest BCUT2D eigenvalue weighted by Crippen LogP contribution is -2.62. The van der Waals surface area contributed by atoms with E-state index in [1.807, 2.05) is 30.5 Å². The molecule has 1 aliphatic heterocycles. The molecule has 2 heterocycles. The van der Waals surface area contributed by atoms with Gasteiger partial charge in [0.1, 0.15) is 12.1 Å². The number of benzene rings is 1. The molecule has 1 aromatic heterocycles. The van der Waals surface area contributed by atoms with E-state index >= 15 is 0 Å². The number of nitrogens with one attached hydrogen (secondary N) is 3. The molecule has 8 heteroatoms. The maximum atomic E-state index is 12.3. The number of H-pyrrole nitrogens is 1. The molecule has 1 fully saturated rings. The number of aromatic nitrogens is 1. The molecule has 0 saturated carbocycles. The Bertz CT molecular complexity index is 808. The highest BCUT2D eigenvalue weighted by molar-refractivity contribution is 5.97. The minimum absolute atomic E-state index is 0.0240. The van der Waals surface area contributed by atoms with Gasteiger partial charge in [-0.15, -0.1) is 0 Å². The zero-order valence-electron chi connectivity index (χ0n) is 13.8. The van der Waals surface area contributed by atoms with Crippen LogP contribution in [0.4, 0.5) is 0 Å². The molecule has 2 aromatic rings. The van der Waals surface area contributed by atoms with Crippen molar-refractivity contribution in [1.82, 2.24) is 15.6 Å². The van der Waals surface area contributed by atoms with Crippen LogP contribution in [0.15, 0.2) is 35.5 Å². The van der Waals surface area contributed by atoms with Crippen LogP contribution in [-0.2, 0) is 16.0 Å². The predicted octanol–water partition coefficient (Wildman–Crippen LogP) is -0.253. The Kier molecular flexibility index (Phi) is 4.87. The highest BCUT2D eigenvalue weighted by atomic mass is 16.2. The number of hydrogen-bond acceptors (Lipinski definition) is 3. The van der Waals surface area contributed by atoms with Gasteiger partial charge in [0.2, 0.25) is 11.8 Å². The van der Waals surface area contributed by atoms with Gasteiger partial charge in [-0.2, -0.15) is 0 Å². The van der Waals surface area contributed by atoms with Crippen molar-refractivity contribution in [3.05, 3.63) is 36.0 Å². The number of fused-ring (bicyclic) bond motifs is 1. The van der Waals surface area contributed by atoms with Crippen molar-refractivity contribution in [3.8, 4) is 0 Å². The van der Waals surface area contributed by atoms with E-state index in [2.05, 4.69) is 20.6 Å². The fraction of sp³-hybridized carbons (Fsp3) is 0.353. The lowest BCUT2D eigenvalue weighted by atomic mass is 10.00. The van der Waals surface area contributed by atoms with Crippen LogP contribution in [0.5, 0.6) is 0 Å². The first-order valence-corrected chi connectivity index (χ1v) is 8.25. The summed E-state index contributed by atoms with van der Waals surface area (Å²) in [6.45, 7) is 0.431. The van der Waals surface area contributed by atoms with Crippen LogP contribution in [0.1, 0.15) is 18.4 Å². The number of para-hydroxylation sites is 1. The average Bonchev–Trinajstić information content (AvgIpc) is 2.98. The van der Waals surface area contributed by atoms with Crippen LogP contribution in [-0.4, -0.2) is 41.4 Å². The first-order chi connectivity index (χ1) is 12.0. The molecule has 3 rings (SSSR count). The summed E-state index contributed by atoms with van der Waals surface area (Å²) >= 11 is 0. The Morgan fingerprint density at radius 3 is 2.60 bits per heavy atom. The molecule has 1 aliphatic rings. The van der Waals surface area contributed by atoms with E-state index in [-0.39, 0.29) is 17.8 Å². The fourth-order valence-electron chi connectivity index (χ4n) is 3.05. The summed E-state index contributed by atoms with van der Waals surface area (Å²) in [5.41, 5.74) is 12.5. The van der Waals surface area contributed by atoms with Gasteiger partial charge >= 0.3 is 0 Å². The molecule has 2 atom stereocenters. The first-order valence-electron chi connectivity index (χ1n) is 8.25. The number of guanidine groups is 1. The molecule has 7 N–H and O–H groups in total. The Morgan fingerprint density at radius 2 is 1.80 bits per heavy atom. The van der Waals surface area contributed by atoms with E-state index in [1.165, 1.54) is 0 Å². The molecule has 25 heavy (non-hydrogen) atoms. The minimum atomic E-state index is -0.569. The Balaban J connectivity index is 1.60. The van der Waals surface area contributed by atoms with Gasteiger partial charge in [0.25, 0.3) is 0 Å². The van der Waals surface area contributed by atoms with Crippen LogP contribution in [0, 0.1) is 0 Å². The molecule has 132 valence electrons. The third-order valence-corrected chi connectivity index (χ3v) is 4.31. The SMILES string of the molecule is NC(N)=NCCCC1NC(=O)C(Cc2c[nH]c3ccccc23)NC1=O. The molecule has 2 unspecified atom stereocenters. The molecule has 0 spiro atoms. The zero-order valence-corrected chi connectivity index (χ0v) is 13.8. The summed E-state index contributed by atoms with van der Waals surface area (Å²) in [5, 5.41) is 6.67. The van der Waals surface area contributed by atoms with Gasteiger partial charge in [-0.05, 0) is 24.5 Å². The monoisotopic (exact) mass is 342 g/mol. The Hall–Kier alpha value is -3.03. The van der Waals surface area contributed by atoms with Crippen LogP contribution >= 0.6 is 0 Å². The van der Waals surface area contributed by atoms with Crippen LogP contribution in [0.3, 0.4) is 0 Å². The van der Waals surface area contributed by atoms with Gasteiger partial charge in [0.15, 0.2) is 5.96 Å². The zero-order chi connectivity index (χ0) is 17.8. The number of aliphatic imine (C=N–C) groups is 1. The minimum Gasteiger partial charge on any atom is -0.370 e. The first kappa shape index (κ1) is 16.8. The van der Waals surface area contributed by atoms with Crippen molar-refractivity contribution in [2.75, 3.05) is 6.54 Å². The summed E-state index contributed by atoms with van der Waals surface area (Å²) in [7, 11) is 0. The molecule has 0 radical (unpaired) electrons. The smallest absolute Gasteiger partial charge is 0.243 e. The molecular formula is C17H22N6O2. The Labute approximate surface area is 145 Å². The predicted molar refractivity (Wildman–Crippen MR) is 95.8 cm³/mol.